The molecule has 0 aliphatic carbocycles. The topological polar surface area (TPSA) is 94.5 Å². The molecular formula is C20H27FIN7O. The average Bonchev–Trinajstić information content (AvgIpc) is 3.16. The van der Waals surface area contributed by atoms with E-state index in [4.69, 9.17) is 0 Å². The van der Waals surface area contributed by atoms with Crippen LogP contribution in [0.5, 0.6) is 0 Å². The van der Waals surface area contributed by atoms with Gasteiger partial charge in [-0.05, 0) is 37.6 Å². The van der Waals surface area contributed by atoms with Crippen molar-refractivity contribution in [1.82, 2.24) is 20.6 Å². The summed E-state index contributed by atoms with van der Waals surface area (Å²) in [7, 11) is 1.68. The van der Waals surface area contributed by atoms with Gasteiger partial charge < -0.3 is 20.9 Å². The number of aryl methyl sites for hydroxylation is 1. The maximum Gasteiger partial charge on any atom is 0.227 e. The monoisotopic (exact) mass is 527 g/mol. The summed E-state index contributed by atoms with van der Waals surface area (Å²) in [5, 5.41) is 9.24. The van der Waals surface area contributed by atoms with E-state index in [9.17, 15) is 9.18 Å². The Labute approximate surface area is 192 Å². The lowest BCUT2D eigenvalue weighted by Gasteiger charge is -2.19. The minimum absolute atomic E-state index is 0. The molecule has 3 heterocycles. The highest BCUT2D eigenvalue weighted by Gasteiger charge is 2.25. The highest BCUT2D eigenvalue weighted by Crippen LogP contribution is 2.20. The van der Waals surface area contributed by atoms with E-state index >= 15 is 0 Å². The van der Waals surface area contributed by atoms with Crippen LogP contribution < -0.4 is 20.9 Å². The second-order valence-electron chi connectivity index (χ2n) is 6.85. The van der Waals surface area contributed by atoms with Gasteiger partial charge in [-0.2, -0.15) is 0 Å². The van der Waals surface area contributed by atoms with E-state index < -0.39 is 0 Å². The Kier molecular flexibility index (Phi) is 9.21. The Morgan fingerprint density at radius 3 is 2.90 bits per heavy atom. The number of pyridine rings is 2. The summed E-state index contributed by atoms with van der Waals surface area (Å²) in [5.74, 6) is 1.10. The molecule has 10 heteroatoms. The number of aromatic nitrogens is 2. The maximum absolute atomic E-state index is 13.9. The molecule has 0 spiro atoms. The molecule has 3 rings (SSSR count). The summed E-state index contributed by atoms with van der Waals surface area (Å²) in [5.41, 5.74) is 0.849. The fourth-order valence-corrected chi connectivity index (χ4v) is 3.18. The van der Waals surface area contributed by atoms with Crippen LogP contribution in [0.15, 0.2) is 41.5 Å². The molecular weight excluding hydrogens is 500 g/mol. The number of nitrogens with one attached hydrogen (secondary N) is 3. The Morgan fingerprint density at radius 2 is 2.17 bits per heavy atom. The number of hydrogen-bond acceptors (Lipinski definition) is 5. The van der Waals surface area contributed by atoms with E-state index in [2.05, 4.69) is 30.9 Å². The largest absolute Gasteiger partial charge is 0.356 e. The van der Waals surface area contributed by atoms with Crippen LogP contribution in [0.1, 0.15) is 18.5 Å². The average molecular weight is 527 g/mol. The smallest absolute Gasteiger partial charge is 0.227 e. The van der Waals surface area contributed by atoms with Crippen molar-refractivity contribution in [3.8, 4) is 0 Å². The lowest BCUT2D eigenvalue weighted by atomic mass is 10.3. The highest BCUT2D eigenvalue weighted by molar-refractivity contribution is 14.0. The number of guanidine groups is 1. The van der Waals surface area contributed by atoms with Crippen LogP contribution in [0.4, 0.5) is 16.0 Å². The van der Waals surface area contributed by atoms with Crippen molar-refractivity contribution >= 4 is 47.5 Å². The van der Waals surface area contributed by atoms with Gasteiger partial charge in [0.05, 0.1) is 0 Å². The number of amides is 1. The zero-order valence-electron chi connectivity index (χ0n) is 17.1. The minimum atomic E-state index is -0.315. The first-order valence-corrected chi connectivity index (χ1v) is 9.61. The third kappa shape index (κ3) is 6.78. The van der Waals surface area contributed by atoms with Gasteiger partial charge in [0, 0.05) is 51.0 Å². The minimum Gasteiger partial charge on any atom is -0.356 e. The van der Waals surface area contributed by atoms with Crippen molar-refractivity contribution in [2.24, 2.45) is 4.99 Å². The first kappa shape index (κ1) is 23.8. The van der Waals surface area contributed by atoms with E-state index in [-0.39, 0.29) is 48.2 Å². The molecule has 1 saturated heterocycles. The molecule has 0 radical (unpaired) electrons. The first-order chi connectivity index (χ1) is 14.0. The summed E-state index contributed by atoms with van der Waals surface area (Å²) in [6.07, 6.45) is 2.72. The molecule has 1 unspecified atom stereocenters. The van der Waals surface area contributed by atoms with Gasteiger partial charge in [-0.25, -0.2) is 14.4 Å². The van der Waals surface area contributed by atoms with Gasteiger partial charge in [0.1, 0.15) is 5.82 Å². The van der Waals surface area contributed by atoms with Crippen molar-refractivity contribution in [3.05, 3.63) is 48.0 Å². The summed E-state index contributed by atoms with van der Waals surface area (Å²) in [6, 6.07) is 8.61. The van der Waals surface area contributed by atoms with Gasteiger partial charge in [0.25, 0.3) is 0 Å². The first-order valence-electron chi connectivity index (χ1n) is 9.61. The fourth-order valence-electron chi connectivity index (χ4n) is 3.18. The number of anilines is 2. The normalized spacial score (nSPS) is 16.0. The van der Waals surface area contributed by atoms with Gasteiger partial charge >= 0.3 is 0 Å². The van der Waals surface area contributed by atoms with E-state index in [1.54, 1.807) is 25.4 Å². The maximum atomic E-state index is 13.9. The van der Waals surface area contributed by atoms with Crippen LogP contribution in [-0.2, 0) is 4.79 Å². The number of halogens is 2. The van der Waals surface area contributed by atoms with Crippen LogP contribution in [0.25, 0.3) is 0 Å². The molecule has 0 bridgehead atoms. The van der Waals surface area contributed by atoms with Crippen LogP contribution in [0.3, 0.4) is 0 Å². The van der Waals surface area contributed by atoms with E-state index in [0.717, 1.165) is 12.1 Å². The van der Waals surface area contributed by atoms with Gasteiger partial charge in [0.2, 0.25) is 5.91 Å². The molecule has 8 nitrogen and oxygen atoms in total. The predicted octanol–water partition coefficient (Wildman–Crippen LogP) is 2.31. The molecule has 1 amide bonds. The zero-order valence-corrected chi connectivity index (χ0v) is 19.4. The summed E-state index contributed by atoms with van der Waals surface area (Å²) in [6.45, 7) is 3.66. The molecule has 1 aliphatic rings. The third-order valence-corrected chi connectivity index (χ3v) is 4.59. The number of nitrogens with zero attached hydrogens (tertiary/aromatic N) is 4. The van der Waals surface area contributed by atoms with Crippen molar-refractivity contribution in [2.75, 3.05) is 36.9 Å². The van der Waals surface area contributed by atoms with Gasteiger partial charge in [-0.15, -0.1) is 24.0 Å². The molecule has 30 heavy (non-hydrogen) atoms. The standard InChI is InChI=1S/C20H26FN7O.HI/c1-14-5-3-7-17(25-14)27-18(29)8-11-24-20(22-2)26-15-9-12-28(13-15)19-16(21)6-4-10-23-19;/h3-7,10,15H,8-9,11-13H2,1-2H3,(H2,22,24,26)(H,25,27,29);1H. The van der Waals surface area contributed by atoms with E-state index in [1.807, 2.05) is 24.0 Å². The Bertz CT molecular complexity index is 880. The number of hydrogen-bond donors (Lipinski definition) is 3. The van der Waals surface area contributed by atoms with Gasteiger partial charge in [0.15, 0.2) is 17.6 Å². The van der Waals surface area contributed by atoms with Crippen LogP contribution in [0, 0.1) is 12.7 Å². The van der Waals surface area contributed by atoms with Crippen LogP contribution >= 0.6 is 24.0 Å². The fraction of sp³-hybridized carbons (Fsp3) is 0.400. The van der Waals surface area contributed by atoms with Crippen molar-refractivity contribution in [2.45, 2.75) is 25.8 Å². The zero-order chi connectivity index (χ0) is 20.6. The quantitative estimate of drug-likeness (QED) is 0.304. The predicted molar refractivity (Wildman–Crippen MR) is 127 cm³/mol. The van der Waals surface area contributed by atoms with E-state index in [1.165, 1.54) is 6.07 Å². The molecule has 162 valence electrons. The molecule has 1 atom stereocenters. The highest BCUT2D eigenvalue weighted by atomic mass is 127. The van der Waals surface area contributed by atoms with Crippen molar-refractivity contribution < 1.29 is 9.18 Å². The molecule has 1 aliphatic heterocycles. The molecule has 1 fully saturated rings. The summed E-state index contributed by atoms with van der Waals surface area (Å²) in [4.78, 5) is 26.6. The molecule has 0 aromatic carbocycles. The summed E-state index contributed by atoms with van der Waals surface area (Å²) < 4.78 is 13.9. The molecule has 2 aromatic rings. The Morgan fingerprint density at radius 1 is 1.33 bits per heavy atom. The molecule has 2 aromatic heterocycles. The number of carbonyl (C=O) groups excluding carboxylic acids is 1. The number of aliphatic imine (C=N–C) groups is 1. The lowest BCUT2D eigenvalue weighted by molar-refractivity contribution is -0.116. The van der Waals surface area contributed by atoms with Crippen molar-refractivity contribution in [1.29, 1.82) is 0 Å². The third-order valence-electron chi connectivity index (χ3n) is 4.59. The van der Waals surface area contributed by atoms with Gasteiger partial charge in [-0.3, -0.25) is 9.79 Å². The Balaban J connectivity index is 0.00000320. The summed E-state index contributed by atoms with van der Waals surface area (Å²) >= 11 is 0. The SMILES string of the molecule is CN=C(NCCC(=O)Nc1cccc(C)n1)NC1CCN(c2ncccc2F)C1.I. The second kappa shape index (κ2) is 11.6. The van der Waals surface area contributed by atoms with Gasteiger partial charge in [-0.1, -0.05) is 6.07 Å². The Hall–Kier alpha value is -2.50. The molecule has 3 N–H and O–H groups in total. The number of carbonyl (C=O) groups is 1. The lowest BCUT2D eigenvalue weighted by Crippen LogP contribution is -2.45. The van der Waals surface area contributed by atoms with Crippen molar-refractivity contribution in [3.63, 3.8) is 0 Å². The van der Waals surface area contributed by atoms with Crippen LogP contribution in [-0.4, -0.2) is 54.6 Å². The number of rotatable bonds is 6. The van der Waals surface area contributed by atoms with Crippen LogP contribution in [0.2, 0.25) is 0 Å². The van der Waals surface area contributed by atoms with E-state index in [0.29, 0.717) is 37.2 Å². The second-order valence-corrected chi connectivity index (χ2v) is 6.85. The molecule has 0 saturated carbocycles.